The van der Waals surface area contributed by atoms with E-state index in [0.29, 0.717) is 0 Å². The Balaban J connectivity index is 1.63. The van der Waals surface area contributed by atoms with E-state index in [9.17, 15) is 4.79 Å². The van der Waals surface area contributed by atoms with Crippen LogP contribution in [0, 0.1) is 5.41 Å². The molecule has 0 bridgehead atoms. The lowest BCUT2D eigenvalue weighted by atomic mass is 9.89. The molecule has 2 aromatic carbocycles. The smallest absolute Gasteiger partial charge is 0.311 e. The Kier molecular flexibility index (Phi) is 6.74. The maximum Gasteiger partial charge on any atom is 0.311 e. The standard InChI is InChI=1S/C25H33BrO3/c1-6-24(2,3)23(27)28-18-12-14-19(15-13-18)29-25(4,5)21-16-11-17-9-7-8-10-20(17)22(21)26/h7-11,16,18-19H,6,12-15H2,1-5H3. The summed E-state index contributed by atoms with van der Waals surface area (Å²) in [7, 11) is 0. The molecule has 1 fully saturated rings. The first kappa shape index (κ1) is 22.3. The van der Waals surface area contributed by atoms with E-state index < -0.39 is 11.0 Å². The van der Waals surface area contributed by atoms with Crippen LogP contribution in [0.1, 0.15) is 72.3 Å². The summed E-state index contributed by atoms with van der Waals surface area (Å²) in [5.74, 6) is -0.0789. The highest BCUT2D eigenvalue weighted by Crippen LogP contribution is 2.39. The van der Waals surface area contributed by atoms with Gasteiger partial charge in [0.1, 0.15) is 6.10 Å². The maximum absolute atomic E-state index is 12.3. The van der Waals surface area contributed by atoms with Crippen LogP contribution in [-0.2, 0) is 19.9 Å². The number of ether oxygens (including phenoxy) is 2. The number of rotatable bonds is 6. The van der Waals surface area contributed by atoms with E-state index >= 15 is 0 Å². The molecule has 158 valence electrons. The van der Waals surface area contributed by atoms with Gasteiger partial charge < -0.3 is 9.47 Å². The SMILES string of the molecule is CCC(C)(C)C(=O)OC1CCC(OC(C)(C)c2ccc3ccccc3c2Br)CC1. The van der Waals surface area contributed by atoms with Crippen molar-refractivity contribution in [3.05, 3.63) is 46.4 Å². The molecular formula is C25H33BrO3. The zero-order valence-electron chi connectivity index (χ0n) is 18.3. The number of carbonyl (C=O) groups is 1. The second kappa shape index (κ2) is 8.77. The molecule has 0 aromatic heterocycles. The van der Waals surface area contributed by atoms with Gasteiger partial charge in [-0.15, -0.1) is 0 Å². The number of carbonyl (C=O) groups excluding carboxylic acids is 1. The van der Waals surface area contributed by atoms with E-state index in [4.69, 9.17) is 9.47 Å². The third-order valence-corrected chi connectivity index (χ3v) is 7.16. The number of halogens is 1. The van der Waals surface area contributed by atoms with Gasteiger partial charge in [-0.2, -0.15) is 0 Å². The van der Waals surface area contributed by atoms with E-state index in [1.807, 2.05) is 20.8 Å². The van der Waals surface area contributed by atoms with Crippen LogP contribution >= 0.6 is 15.9 Å². The topological polar surface area (TPSA) is 35.5 Å². The minimum absolute atomic E-state index is 0.0173. The third-order valence-electron chi connectivity index (χ3n) is 6.30. The van der Waals surface area contributed by atoms with Gasteiger partial charge in [0, 0.05) is 4.47 Å². The zero-order valence-corrected chi connectivity index (χ0v) is 19.8. The largest absolute Gasteiger partial charge is 0.462 e. The van der Waals surface area contributed by atoms with Crippen molar-refractivity contribution in [1.82, 2.24) is 0 Å². The summed E-state index contributed by atoms with van der Waals surface area (Å²) in [6, 6.07) is 12.7. The quantitative estimate of drug-likeness (QED) is 0.429. The Labute approximate surface area is 183 Å². The molecular weight excluding hydrogens is 428 g/mol. The predicted octanol–water partition coefficient (Wildman–Crippen LogP) is 7.14. The molecule has 0 N–H and O–H groups in total. The highest BCUT2D eigenvalue weighted by atomic mass is 79.9. The average molecular weight is 461 g/mol. The second-order valence-electron chi connectivity index (χ2n) is 9.32. The molecule has 0 radical (unpaired) electrons. The molecule has 3 rings (SSSR count). The maximum atomic E-state index is 12.3. The Morgan fingerprint density at radius 2 is 1.62 bits per heavy atom. The highest BCUT2D eigenvalue weighted by molar-refractivity contribution is 9.10. The van der Waals surface area contributed by atoms with Gasteiger partial charge in [-0.05, 0) is 92.1 Å². The monoisotopic (exact) mass is 460 g/mol. The summed E-state index contributed by atoms with van der Waals surface area (Å²) < 4.78 is 13.4. The number of hydrogen-bond acceptors (Lipinski definition) is 3. The molecule has 3 nitrogen and oxygen atoms in total. The van der Waals surface area contributed by atoms with Crippen molar-refractivity contribution in [2.45, 2.75) is 84.5 Å². The van der Waals surface area contributed by atoms with Gasteiger partial charge in [0.2, 0.25) is 0 Å². The highest BCUT2D eigenvalue weighted by Gasteiger charge is 2.34. The molecule has 29 heavy (non-hydrogen) atoms. The molecule has 1 saturated carbocycles. The minimum Gasteiger partial charge on any atom is -0.462 e. The molecule has 0 atom stereocenters. The van der Waals surface area contributed by atoms with Crippen LogP contribution in [0.25, 0.3) is 10.8 Å². The Bertz CT molecular complexity index is 863. The van der Waals surface area contributed by atoms with Gasteiger partial charge in [0.05, 0.1) is 17.1 Å². The van der Waals surface area contributed by atoms with Crippen LogP contribution in [0.4, 0.5) is 0 Å². The third kappa shape index (κ3) is 5.03. The summed E-state index contributed by atoms with van der Waals surface area (Å²) in [4.78, 5) is 12.3. The van der Waals surface area contributed by atoms with Crippen molar-refractivity contribution in [3.8, 4) is 0 Å². The average Bonchev–Trinajstić information content (AvgIpc) is 2.69. The van der Waals surface area contributed by atoms with Gasteiger partial charge in [0.25, 0.3) is 0 Å². The molecule has 0 aliphatic heterocycles. The van der Waals surface area contributed by atoms with E-state index in [1.54, 1.807) is 0 Å². The first-order valence-electron chi connectivity index (χ1n) is 10.7. The number of hydrogen-bond donors (Lipinski definition) is 0. The van der Waals surface area contributed by atoms with Gasteiger partial charge in [0.15, 0.2) is 0 Å². The Morgan fingerprint density at radius 1 is 1.00 bits per heavy atom. The first-order valence-corrected chi connectivity index (χ1v) is 11.5. The van der Waals surface area contributed by atoms with E-state index in [-0.39, 0.29) is 18.2 Å². The van der Waals surface area contributed by atoms with Gasteiger partial charge in [-0.25, -0.2) is 0 Å². The summed E-state index contributed by atoms with van der Waals surface area (Å²) in [5, 5.41) is 2.42. The summed E-state index contributed by atoms with van der Waals surface area (Å²) in [6.45, 7) is 10.2. The minimum atomic E-state index is -0.405. The van der Waals surface area contributed by atoms with Crippen LogP contribution < -0.4 is 0 Å². The normalized spacial score (nSPS) is 20.6. The second-order valence-corrected chi connectivity index (χ2v) is 10.1. The van der Waals surface area contributed by atoms with Crippen molar-refractivity contribution >= 4 is 32.7 Å². The van der Waals surface area contributed by atoms with Crippen molar-refractivity contribution in [1.29, 1.82) is 0 Å². The van der Waals surface area contributed by atoms with E-state index in [1.165, 1.54) is 10.8 Å². The molecule has 0 unspecified atom stereocenters. The molecule has 4 heteroatoms. The summed E-state index contributed by atoms with van der Waals surface area (Å²) in [5.41, 5.74) is 0.355. The predicted molar refractivity (Wildman–Crippen MR) is 122 cm³/mol. The van der Waals surface area contributed by atoms with Gasteiger partial charge >= 0.3 is 5.97 Å². The van der Waals surface area contributed by atoms with Crippen LogP contribution in [0.2, 0.25) is 0 Å². The van der Waals surface area contributed by atoms with Crippen LogP contribution in [0.15, 0.2) is 40.9 Å². The fraction of sp³-hybridized carbons (Fsp3) is 0.560. The molecule has 2 aromatic rings. The zero-order chi connectivity index (χ0) is 21.2. The number of fused-ring (bicyclic) bond motifs is 1. The Hall–Kier alpha value is -1.39. The summed E-state index contributed by atoms with van der Waals surface area (Å²) in [6.07, 6.45) is 4.55. The fourth-order valence-electron chi connectivity index (χ4n) is 3.90. The number of benzene rings is 2. The molecule has 0 heterocycles. The summed E-state index contributed by atoms with van der Waals surface area (Å²) >= 11 is 3.81. The van der Waals surface area contributed by atoms with Gasteiger partial charge in [-0.1, -0.05) is 43.3 Å². The van der Waals surface area contributed by atoms with Crippen molar-refractivity contribution in [3.63, 3.8) is 0 Å². The molecule has 0 saturated heterocycles. The van der Waals surface area contributed by atoms with E-state index in [0.717, 1.165) is 42.1 Å². The van der Waals surface area contributed by atoms with Crippen molar-refractivity contribution in [2.24, 2.45) is 5.41 Å². The Morgan fingerprint density at radius 3 is 2.28 bits per heavy atom. The van der Waals surface area contributed by atoms with Crippen LogP contribution in [0.5, 0.6) is 0 Å². The van der Waals surface area contributed by atoms with Crippen LogP contribution in [0.3, 0.4) is 0 Å². The first-order chi connectivity index (χ1) is 13.6. The molecule has 1 aliphatic carbocycles. The molecule has 1 aliphatic rings. The van der Waals surface area contributed by atoms with Crippen LogP contribution in [-0.4, -0.2) is 18.2 Å². The molecule has 0 spiro atoms. The van der Waals surface area contributed by atoms with E-state index in [2.05, 4.69) is 66.2 Å². The lowest BCUT2D eigenvalue weighted by Crippen LogP contribution is -2.36. The van der Waals surface area contributed by atoms with Gasteiger partial charge in [-0.3, -0.25) is 4.79 Å². The van der Waals surface area contributed by atoms with Crippen molar-refractivity contribution in [2.75, 3.05) is 0 Å². The lowest BCUT2D eigenvalue weighted by molar-refractivity contribution is -0.165. The lowest BCUT2D eigenvalue weighted by Gasteiger charge is -2.36. The van der Waals surface area contributed by atoms with Crippen molar-refractivity contribution < 1.29 is 14.3 Å². The number of esters is 1. The fourth-order valence-corrected chi connectivity index (χ4v) is 4.87. The molecule has 0 amide bonds.